The first-order valence-electron chi connectivity index (χ1n) is 9.51. The van der Waals surface area contributed by atoms with Crippen LogP contribution in [0.2, 0.25) is 0 Å². The van der Waals surface area contributed by atoms with Gasteiger partial charge in [-0.2, -0.15) is 0 Å². The van der Waals surface area contributed by atoms with Crippen LogP contribution in [0.5, 0.6) is 5.75 Å². The zero-order valence-electron chi connectivity index (χ0n) is 15.4. The molecule has 0 N–H and O–H groups in total. The Bertz CT molecular complexity index is 782. The maximum absolute atomic E-state index is 5.65. The second kappa shape index (κ2) is 8.61. The van der Waals surface area contributed by atoms with Crippen molar-refractivity contribution >= 4 is 12.2 Å². The number of hydrogen-bond acceptors (Lipinski definition) is 3. The molecular weight excluding hydrogens is 328 g/mol. The van der Waals surface area contributed by atoms with Gasteiger partial charge in [0.05, 0.1) is 7.11 Å². The standard InChI is InChI=1S/C21H28N2OS/c1-3-4-5-8-14-23-19-13-7-6-12-18(19)21(25)22-20(23)16-10-9-11-17(15-16)24-2/h9-11,15H,3-8,12-14H2,1-2H3. The summed E-state index contributed by atoms with van der Waals surface area (Å²) >= 11 is 5.65. The van der Waals surface area contributed by atoms with Crippen LogP contribution < -0.4 is 4.74 Å². The van der Waals surface area contributed by atoms with Crippen LogP contribution in [0, 0.1) is 4.64 Å². The van der Waals surface area contributed by atoms with Gasteiger partial charge in [-0.25, -0.2) is 4.98 Å². The van der Waals surface area contributed by atoms with Gasteiger partial charge < -0.3 is 9.30 Å². The van der Waals surface area contributed by atoms with Gasteiger partial charge in [0.25, 0.3) is 0 Å². The van der Waals surface area contributed by atoms with Crippen molar-refractivity contribution in [3.63, 3.8) is 0 Å². The van der Waals surface area contributed by atoms with Crippen molar-refractivity contribution in [2.24, 2.45) is 0 Å². The molecule has 0 amide bonds. The monoisotopic (exact) mass is 356 g/mol. The van der Waals surface area contributed by atoms with E-state index in [0.29, 0.717) is 0 Å². The average molecular weight is 357 g/mol. The molecule has 0 atom stereocenters. The van der Waals surface area contributed by atoms with E-state index in [-0.39, 0.29) is 0 Å². The number of hydrogen-bond donors (Lipinski definition) is 0. The zero-order valence-corrected chi connectivity index (χ0v) is 16.2. The molecule has 0 saturated heterocycles. The van der Waals surface area contributed by atoms with Gasteiger partial charge in [0.1, 0.15) is 16.2 Å². The van der Waals surface area contributed by atoms with Gasteiger partial charge in [0, 0.05) is 23.4 Å². The van der Waals surface area contributed by atoms with Crippen LogP contribution in [-0.2, 0) is 19.4 Å². The molecule has 0 radical (unpaired) electrons. The Hall–Kier alpha value is -1.68. The maximum atomic E-state index is 5.65. The normalized spacial score (nSPS) is 13.5. The van der Waals surface area contributed by atoms with Gasteiger partial charge in [-0.1, -0.05) is 50.5 Å². The molecule has 0 saturated carbocycles. The van der Waals surface area contributed by atoms with E-state index < -0.39 is 0 Å². The van der Waals surface area contributed by atoms with Crippen LogP contribution in [0.15, 0.2) is 24.3 Å². The first-order chi connectivity index (χ1) is 12.2. The number of rotatable bonds is 7. The van der Waals surface area contributed by atoms with Crippen molar-refractivity contribution in [1.29, 1.82) is 0 Å². The topological polar surface area (TPSA) is 27.1 Å². The molecule has 3 nitrogen and oxygen atoms in total. The summed E-state index contributed by atoms with van der Waals surface area (Å²) < 4.78 is 8.64. The van der Waals surface area contributed by atoms with Crippen LogP contribution in [0.1, 0.15) is 56.7 Å². The Morgan fingerprint density at radius 1 is 1.16 bits per heavy atom. The highest BCUT2D eigenvalue weighted by molar-refractivity contribution is 7.71. The van der Waals surface area contributed by atoms with E-state index in [1.165, 1.54) is 49.8 Å². The molecule has 0 spiro atoms. The fraction of sp³-hybridized carbons (Fsp3) is 0.524. The second-order valence-corrected chi connectivity index (χ2v) is 7.20. The van der Waals surface area contributed by atoms with Crippen molar-refractivity contribution < 1.29 is 4.74 Å². The highest BCUT2D eigenvalue weighted by atomic mass is 32.1. The van der Waals surface area contributed by atoms with Gasteiger partial charge in [0.2, 0.25) is 0 Å². The molecule has 25 heavy (non-hydrogen) atoms. The molecule has 1 aromatic carbocycles. The van der Waals surface area contributed by atoms with Gasteiger partial charge in [-0.15, -0.1) is 0 Å². The Morgan fingerprint density at radius 3 is 2.80 bits per heavy atom. The van der Waals surface area contributed by atoms with E-state index in [9.17, 15) is 0 Å². The van der Waals surface area contributed by atoms with Crippen LogP contribution in [0.4, 0.5) is 0 Å². The summed E-state index contributed by atoms with van der Waals surface area (Å²) in [7, 11) is 1.71. The summed E-state index contributed by atoms with van der Waals surface area (Å²) in [5, 5.41) is 0. The number of nitrogens with zero attached hydrogens (tertiary/aromatic N) is 2. The fourth-order valence-electron chi connectivity index (χ4n) is 3.69. The maximum Gasteiger partial charge on any atom is 0.141 e. The van der Waals surface area contributed by atoms with E-state index >= 15 is 0 Å². The molecule has 0 aliphatic heterocycles. The summed E-state index contributed by atoms with van der Waals surface area (Å²) in [6.45, 7) is 3.28. The van der Waals surface area contributed by atoms with Gasteiger partial charge in [-0.3, -0.25) is 0 Å². The Labute approximate surface area is 156 Å². The number of fused-ring (bicyclic) bond motifs is 1. The molecule has 0 unspecified atom stereocenters. The number of unbranched alkanes of at least 4 members (excludes halogenated alkanes) is 3. The summed E-state index contributed by atoms with van der Waals surface area (Å²) in [4.78, 5) is 4.85. The first-order valence-corrected chi connectivity index (χ1v) is 9.92. The fourth-order valence-corrected chi connectivity index (χ4v) is 4.00. The van der Waals surface area contributed by atoms with Crippen LogP contribution >= 0.6 is 12.2 Å². The van der Waals surface area contributed by atoms with Crippen LogP contribution in [0.25, 0.3) is 11.4 Å². The van der Waals surface area contributed by atoms with Crippen molar-refractivity contribution in [3.8, 4) is 17.1 Å². The number of aromatic nitrogens is 2. The predicted octanol–water partition coefficient (Wildman–Crippen LogP) is 5.75. The second-order valence-electron chi connectivity index (χ2n) is 6.82. The van der Waals surface area contributed by atoms with E-state index in [2.05, 4.69) is 23.6 Å². The summed E-state index contributed by atoms with van der Waals surface area (Å²) in [6.07, 6.45) is 9.69. The molecule has 1 aliphatic rings. The van der Waals surface area contributed by atoms with Crippen LogP contribution in [-0.4, -0.2) is 16.7 Å². The van der Waals surface area contributed by atoms with Gasteiger partial charge in [-0.05, 0) is 44.2 Å². The minimum atomic E-state index is 0.789. The summed E-state index contributed by atoms with van der Waals surface area (Å²) in [6, 6.07) is 8.17. The lowest BCUT2D eigenvalue weighted by molar-refractivity contribution is 0.415. The molecule has 1 aromatic heterocycles. The van der Waals surface area contributed by atoms with E-state index in [1.807, 2.05) is 12.1 Å². The molecule has 2 aromatic rings. The first kappa shape index (κ1) is 18.1. The minimum absolute atomic E-state index is 0.789. The van der Waals surface area contributed by atoms with Crippen LogP contribution in [0.3, 0.4) is 0 Å². The largest absolute Gasteiger partial charge is 0.497 e. The van der Waals surface area contributed by atoms with Crippen molar-refractivity contribution in [2.75, 3.05) is 7.11 Å². The lowest BCUT2D eigenvalue weighted by atomic mass is 9.96. The van der Waals surface area contributed by atoms with Gasteiger partial charge in [0.15, 0.2) is 0 Å². The molecule has 0 bridgehead atoms. The smallest absolute Gasteiger partial charge is 0.141 e. The SMILES string of the molecule is CCCCCCn1c(-c2cccc(OC)c2)nc(=S)c2c1CCCC2. The van der Waals surface area contributed by atoms with Crippen molar-refractivity contribution in [1.82, 2.24) is 9.55 Å². The molecular formula is C21H28N2OS. The number of methoxy groups -OCH3 is 1. The Kier molecular flexibility index (Phi) is 6.24. The molecule has 1 heterocycles. The molecule has 134 valence electrons. The molecule has 1 aliphatic carbocycles. The number of ether oxygens (including phenoxy) is 1. The molecule has 3 rings (SSSR count). The minimum Gasteiger partial charge on any atom is -0.497 e. The Balaban J connectivity index is 2.05. The summed E-state index contributed by atoms with van der Waals surface area (Å²) in [5.41, 5.74) is 3.82. The highest BCUT2D eigenvalue weighted by Gasteiger charge is 2.19. The quantitative estimate of drug-likeness (QED) is 0.467. The Morgan fingerprint density at radius 2 is 2.00 bits per heavy atom. The van der Waals surface area contributed by atoms with Gasteiger partial charge >= 0.3 is 0 Å². The average Bonchev–Trinajstić information content (AvgIpc) is 2.66. The van der Waals surface area contributed by atoms with E-state index in [1.54, 1.807) is 7.11 Å². The third-order valence-electron chi connectivity index (χ3n) is 5.05. The lowest BCUT2D eigenvalue weighted by Gasteiger charge is -2.24. The molecule has 0 fully saturated rings. The van der Waals surface area contributed by atoms with E-state index in [0.717, 1.165) is 41.2 Å². The zero-order chi connectivity index (χ0) is 17.6. The third kappa shape index (κ3) is 4.12. The highest BCUT2D eigenvalue weighted by Crippen LogP contribution is 2.29. The lowest BCUT2D eigenvalue weighted by Crippen LogP contribution is -2.18. The van der Waals surface area contributed by atoms with Crippen molar-refractivity contribution in [2.45, 2.75) is 64.8 Å². The predicted molar refractivity (Wildman–Crippen MR) is 106 cm³/mol. The summed E-state index contributed by atoms with van der Waals surface area (Å²) in [5.74, 6) is 1.86. The third-order valence-corrected chi connectivity index (χ3v) is 5.39. The van der Waals surface area contributed by atoms with E-state index in [4.69, 9.17) is 21.9 Å². The van der Waals surface area contributed by atoms with Crippen molar-refractivity contribution in [3.05, 3.63) is 40.2 Å². The molecule has 4 heteroatoms. The number of benzene rings is 1.